The van der Waals surface area contributed by atoms with E-state index in [1.165, 1.54) is 5.56 Å². The largest absolute Gasteiger partial charge is 0.475 e. The topological polar surface area (TPSA) is 87.4 Å². The van der Waals surface area contributed by atoms with Gasteiger partial charge in [0.15, 0.2) is 0 Å². The van der Waals surface area contributed by atoms with Crippen LogP contribution < -0.4 is 5.32 Å². The van der Waals surface area contributed by atoms with Crippen LogP contribution in [0, 0.1) is 0 Å². The van der Waals surface area contributed by atoms with Crippen molar-refractivity contribution in [1.29, 1.82) is 0 Å². The number of aromatic nitrogens is 2. The number of imidazole rings is 1. The zero-order valence-corrected chi connectivity index (χ0v) is 15.4. The number of para-hydroxylation sites is 2. The predicted octanol–water partition coefficient (Wildman–Crippen LogP) is 1.73. The zero-order valence-electron chi connectivity index (χ0n) is 15.4. The van der Waals surface area contributed by atoms with Crippen molar-refractivity contribution in [2.45, 2.75) is 38.7 Å². The molecule has 1 atom stereocenters. The molecular formula is C20H24BN3O3. The molecule has 0 radical (unpaired) electrons. The molecule has 7 heteroatoms. The van der Waals surface area contributed by atoms with Crippen LogP contribution in [0.2, 0.25) is 0 Å². The predicted molar refractivity (Wildman–Crippen MR) is 106 cm³/mol. The lowest BCUT2D eigenvalue weighted by atomic mass is 9.75. The molecule has 0 unspecified atom stereocenters. The first-order valence-electron chi connectivity index (χ1n) is 9.20. The molecule has 6 nitrogen and oxygen atoms in total. The molecule has 0 aliphatic carbocycles. The fourth-order valence-corrected chi connectivity index (χ4v) is 3.15. The summed E-state index contributed by atoms with van der Waals surface area (Å²) in [7, 11) is -1.62. The Bertz CT molecular complexity index is 910. The molecule has 0 saturated carbocycles. The molecule has 0 fully saturated rings. The van der Waals surface area contributed by atoms with Gasteiger partial charge in [0.25, 0.3) is 0 Å². The lowest BCUT2D eigenvalue weighted by Crippen LogP contribution is -2.48. The van der Waals surface area contributed by atoms with E-state index in [1.54, 1.807) is 6.33 Å². The fraction of sp³-hybridized carbons (Fsp3) is 0.300. The minimum atomic E-state index is -1.62. The molecular weight excluding hydrogens is 341 g/mol. The van der Waals surface area contributed by atoms with Gasteiger partial charge in [-0.3, -0.25) is 4.79 Å². The van der Waals surface area contributed by atoms with Crippen LogP contribution in [-0.4, -0.2) is 38.6 Å². The molecule has 3 rings (SSSR count). The highest BCUT2D eigenvalue weighted by atomic mass is 16.4. The van der Waals surface area contributed by atoms with Gasteiger partial charge in [-0.05, 0) is 36.1 Å². The van der Waals surface area contributed by atoms with Gasteiger partial charge < -0.3 is 19.9 Å². The zero-order chi connectivity index (χ0) is 19.2. The van der Waals surface area contributed by atoms with Gasteiger partial charge in [0, 0.05) is 13.0 Å². The molecule has 0 bridgehead atoms. The van der Waals surface area contributed by atoms with Crippen LogP contribution in [0.3, 0.4) is 0 Å². The van der Waals surface area contributed by atoms with E-state index in [0.717, 1.165) is 23.0 Å². The number of carbonyl (C=O) groups is 1. The molecule has 0 spiro atoms. The van der Waals surface area contributed by atoms with E-state index in [-0.39, 0.29) is 12.3 Å². The van der Waals surface area contributed by atoms with Crippen LogP contribution >= 0.6 is 0 Å². The number of benzene rings is 2. The van der Waals surface area contributed by atoms with E-state index in [4.69, 9.17) is 0 Å². The number of carbonyl (C=O) groups excluding carboxylic acids is 1. The summed E-state index contributed by atoms with van der Waals surface area (Å²) in [6, 6.07) is 15.7. The van der Waals surface area contributed by atoms with Crippen molar-refractivity contribution in [2.75, 3.05) is 0 Å². The maximum absolute atomic E-state index is 12.3. The first kappa shape index (κ1) is 19.1. The molecule has 1 heterocycles. The molecule has 27 heavy (non-hydrogen) atoms. The van der Waals surface area contributed by atoms with E-state index in [0.29, 0.717) is 13.0 Å². The van der Waals surface area contributed by atoms with Crippen LogP contribution in [0.5, 0.6) is 0 Å². The summed E-state index contributed by atoms with van der Waals surface area (Å²) in [5.41, 5.74) is 4.00. The Balaban J connectivity index is 1.59. The second-order valence-electron chi connectivity index (χ2n) is 6.64. The number of aryl methyl sites for hydroxylation is 2. The highest BCUT2D eigenvalue weighted by Crippen LogP contribution is 2.13. The fourth-order valence-electron chi connectivity index (χ4n) is 3.15. The van der Waals surface area contributed by atoms with E-state index >= 15 is 0 Å². The maximum Gasteiger partial charge on any atom is 0.475 e. The van der Waals surface area contributed by atoms with Crippen LogP contribution in [0.25, 0.3) is 11.0 Å². The van der Waals surface area contributed by atoms with Crippen molar-refractivity contribution in [3.8, 4) is 0 Å². The second kappa shape index (κ2) is 8.84. The summed E-state index contributed by atoms with van der Waals surface area (Å²) in [4.78, 5) is 16.6. The van der Waals surface area contributed by atoms with Gasteiger partial charge in [-0.25, -0.2) is 4.98 Å². The van der Waals surface area contributed by atoms with E-state index in [1.807, 2.05) is 53.1 Å². The molecule has 3 aromatic rings. The molecule has 3 N–H and O–H groups in total. The lowest BCUT2D eigenvalue weighted by Gasteiger charge is -2.18. The summed E-state index contributed by atoms with van der Waals surface area (Å²) < 4.78 is 1.92. The monoisotopic (exact) mass is 365 g/mol. The van der Waals surface area contributed by atoms with Crippen molar-refractivity contribution in [3.63, 3.8) is 0 Å². The van der Waals surface area contributed by atoms with Gasteiger partial charge in [0.1, 0.15) is 0 Å². The first-order valence-corrected chi connectivity index (χ1v) is 9.20. The van der Waals surface area contributed by atoms with E-state index in [9.17, 15) is 14.8 Å². The molecule has 1 amide bonds. The number of amides is 1. The van der Waals surface area contributed by atoms with E-state index in [2.05, 4.69) is 17.2 Å². The minimum Gasteiger partial charge on any atom is -0.426 e. The van der Waals surface area contributed by atoms with Crippen molar-refractivity contribution < 1.29 is 14.8 Å². The Labute approximate surface area is 159 Å². The highest BCUT2D eigenvalue weighted by molar-refractivity contribution is 6.43. The third-order valence-electron chi connectivity index (χ3n) is 4.67. The van der Waals surface area contributed by atoms with Crippen LogP contribution in [-0.2, 0) is 24.2 Å². The summed E-state index contributed by atoms with van der Waals surface area (Å²) in [6.07, 6.45) is 3.22. The summed E-state index contributed by atoms with van der Waals surface area (Å²) in [5, 5.41) is 22.1. The summed E-state index contributed by atoms with van der Waals surface area (Å²) in [5.74, 6) is -0.971. The third-order valence-corrected chi connectivity index (χ3v) is 4.67. The number of fused-ring (bicyclic) bond motifs is 1. The molecule has 0 aliphatic rings. The lowest BCUT2D eigenvalue weighted by molar-refractivity contribution is -0.121. The second-order valence-corrected chi connectivity index (χ2v) is 6.64. The Morgan fingerprint density at radius 3 is 2.74 bits per heavy atom. The average molecular weight is 365 g/mol. The van der Waals surface area contributed by atoms with E-state index < -0.39 is 13.1 Å². The van der Waals surface area contributed by atoms with Gasteiger partial charge in [-0.2, -0.15) is 0 Å². The number of nitrogens with one attached hydrogen (secondary N) is 1. The van der Waals surface area contributed by atoms with Crippen molar-refractivity contribution >= 4 is 24.1 Å². The maximum atomic E-state index is 12.3. The SMILES string of the molecule is CCc1cccc(C[C@H](NC(=O)CCn2cnc3ccccc32)B(O)O)c1. The van der Waals surface area contributed by atoms with Gasteiger partial charge in [0.2, 0.25) is 5.91 Å². The number of hydrogen-bond donors (Lipinski definition) is 3. The van der Waals surface area contributed by atoms with Crippen LogP contribution in [0.4, 0.5) is 0 Å². The van der Waals surface area contributed by atoms with Crippen molar-refractivity contribution in [3.05, 3.63) is 66.0 Å². The van der Waals surface area contributed by atoms with Crippen LogP contribution in [0.15, 0.2) is 54.9 Å². The van der Waals surface area contributed by atoms with Gasteiger partial charge >= 0.3 is 7.12 Å². The Hall–Kier alpha value is -2.64. The summed E-state index contributed by atoms with van der Waals surface area (Å²) >= 11 is 0. The van der Waals surface area contributed by atoms with Gasteiger partial charge in [-0.15, -0.1) is 0 Å². The summed E-state index contributed by atoms with van der Waals surface area (Å²) in [6.45, 7) is 2.55. The number of hydrogen-bond acceptors (Lipinski definition) is 4. The van der Waals surface area contributed by atoms with Gasteiger partial charge in [0.05, 0.1) is 23.3 Å². The number of rotatable bonds is 8. The minimum absolute atomic E-state index is 0.225. The van der Waals surface area contributed by atoms with Crippen molar-refractivity contribution in [1.82, 2.24) is 14.9 Å². The molecule has 0 saturated heterocycles. The smallest absolute Gasteiger partial charge is 0.426 e. The molecule has 1 aromatic heterocycles. The van der Waals surface area contributed by atoms with Gasteiger partial charge in [-0.1, -0.05) is 43.3 Å². The average Bonchev–Trinajstić information content (AvgIpc) is 3.09. The molecule has 2 aromatic carbocycles. The Kier molecular flexibility index (Phi) is 6.26. The normalized spacial score (nSPS) is 12.1. The van der Waals surface area contributed by atoms with Crippen LogP contribution in [0.1, 0.15) is 24.5 Å². The third kappa shape index (κ3) is 4.96. The highest BCUT2D eigenvalue weighted by Gasteiger charge is 2.25. The Morgan fingerprint density at radius 2 is 1.96 bits per heavy atom. The quantitative estimate of drug-likeness (QED) is 0.531. The standard InChI is InChI=1S/C20H24BN3O3/c1-2-15-6-5-7-16(12-15)13-19(21(26)27)23-20(25)10-11-24-14-22-17-8-3-4-9-18(17)24/h3-9,12,14,19,26-27H,2,10-11,13H2,1H3,(H,23,25)/t19-/m0/s1. The Morgan fingerprint density at radius 1 is 1.19 bits per heavy atom. The van der Waals surface area contributed by atoms with Crippen molar-refractivity contribution in [2.24, 2.45) is 0 Å². The number of nitrogens with zero attached hydrogens (tertiary/aromatic N) is 2. The molecule has 140 valence electrons. The molecule has 0 aliphatic heterocycles. The first-order chi connectivity index (χ1) is 13.1.